The maximum absolute atomic E-state index is 12.9. The minimum absolute atomic E-state index is 0.196. The number of carbonyl (C=O) groups excluding carboxylic acids is 1. The zero-order valence-electron chi connectivity index (χ0n) is 12.7. The number of rotatable bonds is 4. The Morgan fingerprint density at radius 2 is 1.89 bits per heavy atom. The molecule has 1 spiro atoms. The SMILES string of the molecule is CCC1(CN2C(=O)C3(CCCC3)NC2C(C)C)CC1. The first-order valence-electron chi connectivity index (χ1n) is 8.11. The molecule has 0 aromatic heterocycles. The van der Waals surface area contributed by atoms with E-state index < -0.39 is 0 Å². The molecule has 1 heterocycles. The Balaban J connectivity index is 1.81. The summed E-state index contributed by atoms with van der Waals surface area (Å²) >= 11 is 0. The van der Waals surface area contributed by atoms with Crippen molar-refractivity contribution in [3.63, 3.8) is 0 Å². The minimum atomic E-state index is -0.196. The van der Waals surface area contributed by atoms with Gasteiger partial charge in [-0.2, -0.15) is 0 Å². The van der Waals surface area contributed by atoms with Crippen LogP contribution in [0.2, 0.25) is 0 Å². The van der Waals surface area contributed by atoms with Crippen LogP contribution in [0.3, 0.4) is 0 Å². The summed E-state index contributed by atoms with van der Waals surface area (Å²) in [6.45, 7) is 7.73. The number of amides is 1. The lowest BCUT2D eigenvalue weighted by Gasteiger charge is -2.30. The van der Waals surface area contributed by atoms with E-state index >= 15 is 0 Å². The zero-order valence-corrected chi connectivity index (χ0v) is 12.7. The van der Waals surface area contributed by atoms with Crippen LogP contribution in [0.25, 0.3) is 0 Å². The fraction of sp³-hybridized carbons (Fsp3) is 0.938. The molecule has 0 bridgehead atoms. The van der Waals surface area contributed by atoms with Gasteiger partial charge in [-0.15, -0.1) is 0 Å². The number of nitrogens with one attached hydrogen (secondary N) is 1. The third-order valence-corrected chi connectivity index (χ3v) is 5.73. The van der Waals surface area contributed by atoms with E-state index in [9.17, 15) is 4.79 Å². The van der Waals surface area contributed by atoms with E-state index in [0.717, 1.165) is 19.4 Å². The van der Waals surface area contributed by atoms with Crippen molar-refractivity contribution in [3.05, 3.63) is 0 Å². The smallest absolute Gasteiger partial charge is 0.244 e. The van der Waals surface area contributed by atoms with Crippen LogP contribution in [0, 0.1) is 11.3 Å². The highest BCUT2D eigenvalue weighted by Crippen LogP contribution is 2.51. The molecule has 1 atom stereocenters. The van der Waals surface area contributed by atoms with Crippen molar-refractivity contribution in [3.8, 4) is 0 Å². The molecule has 1 N–H and O–H groups in total. The normalized spacial score (nSPS) is 31.7. The van der Waals surface area contributed by atoms with Gasteiger partial charge in [0.15, 0.2) is 0 Å². The third-order valence-electron chi connectivity index (χ3n) is 5.73. The Bertz CT molecular complexity index is 367. The molecule has 19 heavy (non-hydrogen) atoms. The van der Waals surface area contributed by atoms with Gasteiger partial charge in [-0.1, -0.05) is 33.6 Å². The summed E-state index contributed by atoms with van der Waals surface area (Å²) < 4.78 is 0. The molecule has 3 fully saturated rings. The molecule has 2 aliphatic carbocycles. The van der Waals surface area contributed by atoms with E-state index in [2.05, 4.69) is 31.0 Å². The zero-order chi connectivity index (χ0) is 13.7. The molecule has 1 aliphatic heterocycles. The van der Waals surface area contributed by atoms with Crippen molar-refractivity contribution in [2.45, 2.75) is 77.4 Å². The molecule has 1 unspecified atom stereocenters. The lowest BCUT2D eigenvalue weighted by Crippen LogP contribution is -2.45. The maximum atomic E-state index is 12.9. The fourth-order valence-electron chi connectivity index (χ4n) is 4.02. The monoisotopic (exact) mass is 264 g/mol. The number of carbonyl (C=O) groups is 1. The lowest BCUT2D eigenvalue weighted by molar-refractivity contribution is -0.134. The van der Waals surface area contributed by atoms with E-state index in [1.165, 1.54) is 32.1 Å². The van der Waals surface area contributed by atoms with Crippen LogP contribution in [0.5, 0.6) is 0 Å². The molecule has 2 saturated carbocycles. The molecule has 3 heteroatoms. The van der Waals surface area contributed by atoms with Gasteiger partial charge < -0.3 is 4.90 Å². The molecule has 1 saturated heterocycles. The van der Waals surface area contributed by atoms with Gasteiger partial charge >= 0.3 is 0 Å². The van der Waals surface area contributed by atoms with Crippen molar-refractivity contribution >= 4 is 5.91 Å². The highest BCUT2D eigenvalue weighted by molar-refractivity contribution is 5.89. The quantitative estimate of drug-likeness (QED) is 0.847. The predicted molar refractivity (Wildman–Crippen MR) is 76.6 cm³/mol. The maximum Gasteiger partial charge on any atom is 0.244 e. The average molecular weight is 264 g/mol. The van der Waals surface area contributed by atoms with E-state index in [4.69, 9.17) is 0 Å². The molecule has 0 aromatic rings. The molecule has 0 radical (unpaired) electrons. The summed E-state index contributed by atoms with van der Waals surface area (Å²) in [5.41, 5.74) is 0.257. The Morgan fingerprint density at radius 1 is 1.26 bits per heavy atom. The van der Waals surface area contributed by atoms with Crippen LogP contribution in [-0.2, 0) is 4.79 Å². The molecule has 3 rings (SSSR count). The Labute approximate surface area is 117 Å². The molecule has 0 aromatic carbocycles. The molecular formula is C16H28N2O. The minimum Gasteiger partial charge on any atom is -0.325 e. The van der Waals surface area contributed by atoms with Crippen molar-refractivity contribution in [2.75, 3.05) is 6.54 Å². The van der Waals surface area contributed by atoms with Crippen molar-refractivity contribution < 1.29 is 4.79 Å². The van der Waals surface area contributed by atoms with Crippen molar-refractivity contribution in [1.82, 2.24) is 10.2 Å². The summed E-state index contributed by atoms with van der Waals surface area (Å²) in [7, 11) is 0. The van der Waals surface area contributed by atoms with Gasteiger partial charge in [-0.25, -0.2) is 0 Å². The predicted octanol–water partition coefficient (Wildman–Crippen LogP) is 2.90. The van der Waals surface area contributed by atoms with E-state index in [-0.39, 0.29) is 11.7 Å². The van der Waals surface area contributed by atoms with Crippen LogP contribution in [-0.4, -0.2) is 29.1 Å². The first-order chi connectivity index (χ1) is 9.02. The van der Waals surface area contributed by atoms with E-state index in [0.29, 0.717) is 17.2 Å². The van der Waals surface area contributed by atoms with Gasteiger partial charge in [-0.05, 0) is 43.4 Å². The van der Waals surface area contributed by atoms with E-state index in [1.807, 2.05) is 0 Å². The van der Waals surface area contributed by atoms with Gasteiger partial charge in [0.25, 0.3) is 0 Å². The second kappa shape index (κ2) is 4.47. The molecule has 3 aliphatic rings. The molecule has 108 valence electrons. The summed E-state index contributed by atoms with van der Waals surface area (Å²) in [6, 6.07) is 0. The first-order valence-corrected chi connectivity index (χ1v) is 8.11. The Kier molecular flexibility index (Phi) is 3.16. The second-order valence-electron chi connectivity index (χ2n) is 7.41. The topological polar surface area (TPSA) is 32.3 Å². The van der Waals surface area contributed by atoms with Crippen LogP contribution >= 0.6 is 0 Å². The van der Waals surface area contributed by atoms with E-state index in [1.54, 1.807) is 0 Å². The van der Waals surface area contributed by atoms with Crippen LogP contribution in [0.15, 0.2) is 0 Å². The fourth-order valence-corrected chi connectivity index (χ4v) is 4.02. The largest absolute Gasteiger partial charge is 0.325 e. The summed E-state index contributed by atoms with van der Waals surface area (Å²) in [6.07, 6.45) is 8.60. The van der Waals surface area contributed by atoms with Crippen molar-refractivity contribution in [1.29, 1.82) is 0 Å². The number of hydrogen-bond acceptors (Lipinski definition) is 2. The molecular weight excluding hydrogens is 236 g/mol. The van der Waals surface area contributed by atoms with Gasteiger partial charge in [0.2, 0.25) is 5.91 Å². The first kappa shape index (κ1) is 13.4. The lowest BCUT2D eigenvalue weighted by atomic mass is 9.97. The summed E-state index contributed by atoms with van der Waals surface area (Å²) in [4.78, 5) is 15.1. The van der Waals surface area contributed by atoms with Gasteiger partial charge in [0.05, 0.1) is 11.7 Å². The van der Waals surface area contributed by atoms with Crippen LogP contribution in [0.1, 0.15) is 65.7 Å². The van der Waals surface area contributed by atoms with Gasteiger partial charge in [0.1, 0.15) is 0 Å². The Morgan fingerprint density at radius 3 is 2.37 bits per heavy atom. The van der Waals surface area contributed by atoms with Crippen molar-refractivity contribution in [2.24, 2.45) is 11.3 Å². The van der Waals surface area contributed by atoms with Crippen LogP contribution < -0.4 is 5.32 Å². The van der Waals surface area contributed by atoms with Crippen LogP contribution in [0.4, 0.5) is 0 Å². The standard InChI is InChI=1S/C16H28N2O/c1-4-15(9-10-15)11-18-13(12(2)3)17-16(14(18)19)7-5-6-8-16/h12-13,17H,4-11H2,1-3H3. The Hall–Kier alpha value is -0.570. The molecule has 3 nitrogen and oxygen atoms in total. The summed E-state index contributed by atoms with van der Waals surface area (Å²) in [5, 5.41) is 3.72. The summed E-state index contributed by atoms with van der Waals surface area (Å²) in [5.74, 6) is 0.903. The molecule has 1 amide bonds. The second-order valence-corrected chi connectivity index (χ2v) is 7.41. The third kappa shape index (κ3) is 2.10. The highest BCUT2D eigenvalue weighted by Gasteiger charge is 2.55. The number of nitrogens with zero attached hydrogens (tertiary/aromatic N) is 1. The number of hydrogen-bond donors (Lipinski definition) is 1. The van der Waals surface area contributed by atoms with Gasteiger partial charge in [-0.3, -0.25) is 10.1 Å². The van der Waals surface area contributed by atoms with Gasteiger partial charge in [0, 0.05) is 6.54 Å². The highest BCUT2D eigenvalue weighted by atomic mass is 16.2. The average Bonchev–Trinajstić information content (AvgIpc) is 2.91.